The molecule has 2 aromatic heterocycles. The SMILES string of the molecule is [B]c1cnn2c(NC(C)CCc3ccccc3)cc(-c3ccccc3Cl)nc12. The fourth-order valence-electron chi connectivity index (χ4n) is 3.24. The number of benzene rings is 2. The van der Waals surface area contributed by atoms with E-state index in [-0.39, 0.29) is 6.04 Å². The highest BCUT2D eigenvalue weighted by atomic mass is 35.5. The fourth-order valence-corrected chi connectivity index (χ4v) is 3.47. The van der Waals surface area contributed by atoms with Crippen molar-refractivity contribution in [2.24, 2.45) is 0 Å². The van der Waals surface area contributed by atoms with Crippen LogP contribution in [0.15, 0.2) is 66.9 Å². The molecule has 4 rings (SSSR count). The zero-order valence-electron chi connectivity index (χ0n) is 15.6. The molecule has 28 heavy (non-hydrogen) atoms. The molecule has 1 atom stereocenters. The molecule has 0 saturated carbocycles. The zero-order valence-corrected chi connectivity index (χ0v) is 16.4. The van der Waals surface area contributed by atoms with Crippen molar-refractivity contribution in [3.8, 4) is 11.3 Å². The normalized spacial score (nSPS) is 12.2. The van der Waals surface area contributed by atoms with E-state index in [2.05, 4.69) is 46.6 Å². The van der Waals surface area contributed by atoms with Gasteiger partial charge in [0, 0.05) is 28.9 Å². The lowest BCUT2D eigenvalue weighted by molar-refractivity contribution is 0.697. The molecule has 2 radical (unpaired) electrons. The molecule has 138 valence electrons. The van der Waals surface area contributed by atoms with Gasteiger partial charge < -0.3 is 5.32 Å². The third-order valence-electron chi connectivity index (χ3n) is 4.75. The van der Waals surface area contributed by atoms with E-state index in [9.17, 15) is 0 Å². The summed E-state index contributed by atoms with van der Waals surface area (Å²) in [4.78, 5) is 4.68. The van der Waals surface area contributed by atoms with E-state index in [1.54, 1.807) is 10.7 Å². The number of nitrogens with zero attached hydrogens (tertiary/aromatic N) is 3. The van der Waals surface area contributed by atoms with Crippen molar-refractivity contribution in [3.63, 3.8) is 0 Å². The smallest absolute Gasteiger partial charge is 0.150 e. The van der Waals surface area contributed by atoms with Gasteiger partial charge in [-0.2, -0.15) is 9.61 Å². The third kappa shape index (κ3) is 3.90. The molecule has 0 amide bonds. The summed E-state index contributed by atoms with van der Waals surface area (Å²) in [6.45, 7) is 2.16. The molecule has 0 saturated heterocycles. The van der Waals surface area contributed by atoms with Crippen LogP contribution in [0.4, 0.5) is 5.82 Å². The Hall–Kier alpha value is -2.79. The van der Waals surface area contributed by atoms with Crippen LogP contribution < -0.4 is 10.8 Å². The van der Waals surface area contributed by atoms with Gasteiger partial charge in [-0.15, -0.1) is 0 Å². The first-order valence-electron chi connectivity index (χ1n) is 9.31. The van der Waals surface area contributed by atoms with Gasteiger partial charge in [-0.25, -0.2) is 4.98 Å². The first-order chi connectivity index (χ1) is 13.6. The van der Waals surface area contributed by atoms with E-state index in [1.165, 1.54) is 5.56 Å². The second kappa shape index (κ2) is 8.07. The van der Waals surface area contributed by atoms with Crippen LogP contribution in [-0.2, 0) is 6.42 Å². The molecule has 4 aromatic rings. The number of hydrogen-bond donors (Lipinski definition) is 1. The lowest BCUT2D eigenvalue weighted by Gasteiger charge is -2.17. The summed E-state index contributed by atoms with van der Waals surface area (Å²) in [5, 5.41) is 8.59. The Morgan fingerprint density at radius 2 is 1.86 bits per heavy atom. The van der Waals surface area contributed by atoms with Gasteiger partial charge in [0.25, 0.3) is 0 Å². The van der Waals surface area contributed by atoms with Gasteiger partial charge >= 0.3 is 0 Å². The Labute approximate surface area is 171 Å². The molecule has 0 spiro atoms. The quantitative estimate of drug-likeness (QED) is 0.503. The van der Waals surface area contributed by atoms with E-state index in [1.807, 2.05) is 36.4 Å². The number of halogens is 1. The summed E-state index contributed by atoms with van der Waals surface area (Å²) in [6, 6.07) is 20.4. The van der Waals surface area contributed by atoms with Crippen molar-refractivity contribution in [1.82, 2.24) is 14.6 Å². The molecule has 0 fully saturated rings. The number of rotatable bonds is 6. The number of anilines is 1. The summed E-state index contributed by atoms with van der Waals surface area (Å²) in [5.41, 5.74) is 4.12. The monoisotopic (exact) mass is 386 g/mol. The lowest BCUT2D eigenvalue weighted by atomic mass is 10.0. The Balaban J connectivity index is 1.63. The van der Waals surface area contributed by atoms with Crippen LogP contribution in [0, 0.1) is 0 Å². The summed E-state index contributed by atoms with van der Waals surface area (Å²) < 4.78 is 1.74. The molecule has 0 bridgehead atoms. The molecular formula is C22H20BClN4. The first-order valence-corrected chi connectivity index (χ1v) is 9.69. The minimum Gasteiger partial charge on any atom is -0.367 e. The van der Waals surface area contributed by atoms with Crippen LogP contribution in [0.25, 0.3) is 16.9 Å². The second-order valence-corrected chi connectivity index (χ2v) is 7.32. The zero-order chi connectivity index (χ0) is 19.5. The molecular weight excluding hydrogens is 367 g/mol. The summed E-state index contributed by atoms with van der Waals surface area (Å²) in [6.07, 6.45) is 3.62. The van der Waals surface area contributed by atoms with Crippen molar-refractivity contribution >= 4 is 36.4 Å². The van der Waals surface area contributed by atoms with Gasteiger partial charge in [0.15, 0.2) is 5.65 Å². The highest BCUT2D eigenvalue weighted by molar-refractivity contribution is 6.36. The highest BCUT2D eigenvalue weighted by Gasteiger charge is 2.14. The second-order valence-electron chi connectivity index (χ2n) is 6.91. The third-order valence-corrected chi connectivity index (χ3v) is 5.08. The van der Waals surface area contributed by atoms with Gasteiger partial charge in [-0.05, 0) is 36.9 Å². The van der Waals surface area contributed by atoms with Gasteiger partial charge in [0.2, 0.25) is 0 Å². The van der Waals surface area contributed by atoms with Crippen molar-refractivity contribution < 1.29 is 0 Å². The van der Waals surface area contributed by atoms with Crippen LogP contribution in [0.1, 0.15) is 18.9 Å². The molecule has 1 N–H and O–H groups in total. The van der Waals surface area contributed by atoms with Crippen LogP contribution >= 0.6 is 11.6 Å². The maximum atomic E-state index is 6.39. The topological polar surface area (TPSA) is 42.2 Å². The average molecular weight is 387 g/mol. The predicted octanol–water partition coefficient (Wildman–Crippen LogP) is 4.28. The van der Waals surface area contributed by atoms with Crippen molar-refractivity contribution in [1.29, 1.82) is 0 Å². The first kappa shape index (κ1) is 18.6. The van der Waals surface area contributed by atoms with E-state index in [4.69, 9.17) is 19.4 Å². The maximum Gasteiger partial charge on any atom is 0.150 e. The molecule has 6 heteroatoms. The summed E-state index contributed by atoms with van der Waals surface area (Å²) in [5.74, 6) is 0.845. The molecule has 0 aliphatic carbocycles. The number of hydrogen-bond acceptors (Lipinski definition) is 3. The average Bonchev–Trinajstić information content (AvgIpc) is 3.09. The van der Waals surface area contributed by atoms with E-state index < -0.39 is 0 Å². The number of fused-ring (bicyclic) bond motifs is 1. The van der Waals surface area contributed by atoms with Crippen molar-refractivity contribution in [2.75, 3.05) is 5.32 Å². The van der Waals surface area contributed by atoms with Gasteiger partial charge in [0.1, 0.15) is 13.7 Å². The number of aromatic nitrogens is 3. The summed E-state index contributed by atoms with van der Waals surface area (Å²) in [7, 11) is 6.09. The Kier molecular flexibility index (Phi) is 5.35. The highest BCUT2D eigenvalue weighted by Crippen LogP contribution is 2.28. The van der Waals surface area contributed by atoms with Crippen molar-refractivity contribution in [3.05, 3.63) is 77.4 Å². The maximum absolute atomic E-state index is 6.39. The molecule has 0 aliphatic rings. The number of nitrogens with one attached hydrogen (secondary N) is 1. The standard InChI is InChI=1S/C22H20BClN4/c1-15(11-12-16-7-3-2-4-8-16)26-21-13-20(17-9-5-6-10-19(17)24)27-22-18(23)14-25-28(21)22/h2-10,13-15,26H,11-12H2,1H3. The molecule has 2 aromatic carbocycles. The molecule has 0 aliphatic heterocycles. The Morgan fingerprint density at radius 1 is 1.11 bits per heavy atom. The van der Waals surface area contributed by atoms with Gasteiger partial charge in [-0.1, -0.05) is 60.1 Å². The van der Waals surface area contributed by atoms with E-state index >= 15 is 0 Å². The molecule has 2 heterocycles. The van der Waals surface area contributed by atoms with Crippen LogP contribution in [0.2, 0.25) is 5.02 Å². The largest absolute Gasteiger partial charge is 0.367 e. The van der Waals surface area contributed by atoms with Crippen LogP contribution in [0.3, 0.4) is 0 Å². The van der Waals surface area contributed by atoms with Crippen LogP contribution in [0.5, 0.6) is 0 Å². The Morgan fingerprint density at radius 3 is 2.64 bits per heavy atom. The van der Waals surface area contributed by atoms with Gasteiger partial charge in [-0.3, -0.25) is 0 Å². The molecule has 1 unspecified atom stereocenters. The van der Waals surface area contributed by atoms with E-state index in [0.29, 0.717) is 16.1 Å². The predicted molar refractivity (Wildman–Crippen MR) is 117 cm³/mol. The minimum absolute atomic E-state index is 0.246. The number of aryl methyl sites for hydroxylation is 1. The lowest BCUT2D eigenvalue weighted by Crippen LogP contribution is -2.19. The van der Waals surface area contributed by atoms with Crippen molar-refractivity contribution in [2.45, 2.75) is 25.8 Å². The fraction of sp³-hybridized carbons (Fsp3) is 0.182. The van der Waals surface area contributed by atoms with E-state index in [0.717, 1.165) is 29.9 Å². The Bertz CT molecular complexity index is 1090. The molecule has 4 nitrogen and oxygen atoms in total. The van der Waals surface area contributed by atoms with Gasteiger partial charge in [0.05, 0.1) is 5.69 Å². The van der Waals surface area contributed by atoms with Crippen LogP contribution in [-0.4, -0.2) is 28.5 Å². The minimum atomic E-state index is 0.246. The summed E-state index contributed by atoms with van der Waals surface area (Å²) >= 11 is 6.39.